The van der Waals surface area contributed by atoms with E-state index in [1.807, 2.05) is 37.3 Å². The summed E-state index contributed by atoms with van der Waals surface area (Å²) in [5.41, 5.74) is 1.99. The third kappa shape index (κ3) is 3.24. The van der Waals surface area contributed by atoms with Gasteiger partial charge in [-0.15, -0.1) is 0 Å². The molecule has 1 fully saturated rings. The molecule has 1 N–H and O–H groups in total. The lowest BCUT2D eigenvalue weighted by Gasteiger charge is -2.22. The van der Waals surface area contributed by atoms with Crippen LogP contribution in [0.25, 0.3) is 0 Å². The summed E-state index contributed by atoms with van der Waals surface area (Å²) < 4.78 is 39.0. The van der Waals surface area contributed by atoms with Crippen LogP contribution in [0.15, 0.2) is 47.4 Å². The van der Waals surface area contributed by atoms with Crippen LogP contribution < -0.4 is 14.2 Å². The number of ether oxygens (including phenoxy) is 2. The Bertz CT molecular complexity index is 886. The van der Waals surface area contributed by atoms with Gasteiger partial charge in [-0.05, 0) is 49.6 Å². The van der Waals surface area contributed by atoms with Gasteiger partial charge in [0.2, 0.25) is 10.0 Å². The largest absolute Gasteiger partial charge is 0.486 e. The van der Waals surface area contributed by atoms with Gasteiger partial charge in [-0.1, -0.05) is 23.8 Å². The van der Waals surface area contributed by atoms with E-state index in [0.29, 0.717) is 24.7 Å². The molecule has 0 saturated heterocycles. The summed E-state index contributed by atoms with van der Waals surface area (Å²) in [4.78, 5) is 0.302. The van der Waals surface area contributed by atoms with Gasteiger partial charge in [-0.3, -0.25) is 0 Å². The third-order valence-corrected chi connectivity index (χ3v) is 6.36. The topological polar surface area (TPSA) is 64.6 Å². The van der Waals surface area contributed by atoms with E-state index in [1.165, 1.54) is 0 Å². The van der Waals surface area contributed by atoms with Gasteiger partial charge in [0.15, 0.2) is 11.5 Å². The first kappa shape index (κ1) is 16.4. The van der Waals surface area contributed by atoms with Crippen molar-refractivity contribution in [3.05, 3.63) is 53.6 Å². The minimum absolute atomic E-state index is 0.145. The molecule has 0 amide bonds. The fourth-order valence-corrected chi connectivity index (χ4v) is 4.25. The van der Waals surface area contributed by atoms with Crippen molar-refractivity contribution in [3.63, 3.8) is 0 Å². The molecule has 2 aromatic rings. The van der Waals surface area contributed by atoms with E-state index in [-0.39, 0.29) is 5.41 Å². The monoisotopic (exact) mass is 359 g/mol. The van der Waals surface area contributed by atoms with E-state index >= 15 is 0 Å². The van der Waals surface area contributed by atoms with Crippen LogP contribution in [0.1, 0.15) is 24.0 Å². The zero-order valence-corrected chi connectivity index (χ0v) is 14.9. The smallest absolute Gasteiger partial charge is 0.240 e. The summed E-state index contributed by atoms with van der Waals surface area (Å²) in [6.45, 7) is 3.44. The Morgan fingerprint density at radius 2 is 1.68 bits per heavy atom. The number of rotatable bonds is 5. The van der Waals surface area contributed by atoms with Crippen molar-refractivity contribution in [2.24, 2.45) is 0 Å². The second kappa shape index (κ2) is 6.04. The summed E-state index contributed by atoms with van der Waals surface area (Å²) in [7, 11) is -3.50. The third-order valence-electron chi connectivity index (χ3n) is 4.94. The van der Waals surface area contributed by atoms with Crippen LogP contribution in [0.4, 0.5) is 0 Å². The van der Waals surface area contributed by atoms with Gasteiger partial charge < -0.3 is 9.47 Å². The molecule has 0 radical (unpaired) electrons. The first-order valence-corrected chi connectivity index (χ1v) is 9.93. The number of hydrogen-bond acceptors (Lipinski definition) is 4. The average molecular weight is 359 g/mol. The van der Waals surface area contributed by atoms with Crippen molar-refractivity contribution in [3.8, 4) is 11.5 Å². The molecule has 1 heterocycles. The Balaban J connectivity index is 1.51. The molecule has 6 heteroatoms. The summed E-state index contributed by atoms with van der Waals surface area (Å²) >= 11 is 0. The lowest BCUT2D eigenvalue weighted by molar-refractivity contribution is 0.171. The maximum atomic E-state index is 12.5. The number of fused-ring (bicyclic) bond motifs is 1. The molecule has 0 aromatic heterocycles. The van der Waals surface area contributed by atoms with Crippen LogP contribution in [-0.2, 0) is 15.4 Å². The van der Waals surface area contributed by atoms with Crippen LogP contribution in [0.2, 0.25) is 0 Å². The molecule has 1 aliphatic heterocycles. The highest BCUT2D eigenvalue weighted by molar-refractivity contribution is 7.89. The van der Waals surface area contributed by atoms with Crippen LogP contribution in [0.5, 0.6) is 11.5 Å². The molecular weight excluding hydrogens is 338 g/mol. The first-order valence-electron chi connectivity index (χ1n) is 8.45. The quantitative estimate of drug-likeness (QED) is 0.892. The highest BCUT2D eigenvalue weighted by Gasteiger charge is 2.45. The van der Waals surface area contributed by atoms with Crippen LogP contribution >= 0.6 is 0 Å². The van der Waals surface area contributed by atoms with Gasteiger partial charge in [-0.2, -0.15) is 0 Å². The molecule has 5 nitrogen and oxygen atoms in total. The lowest BCUT2D eigenvalue weighted by atomic mass is 9.96. The molecule has 4 rings (SSSR count). The van der Waals surface area contributed by atoms with Crippen LogP contribution in [-0.4, -0.2) is 28.2 Å². The van der Waals surface area contributed by atoms with Crippen LogP contribution in [0, 0.1) is 6.92 Å². The highest BCUT2D eigenvalue weighted by atomic mass is 32.2. The number of hydrogen-bond donors (Lipinski definition) is 1. The fraction of sp³-hybridized carbons (Fsp3) is 0.368. The molecule has 2 aliphatic rings. The molecule has 0 atom stereocenters. The SMILES string of the molecule is Cc1ccc(S(=O)(=O)NCC2(c3ccc4c(c3)OCCO4)CC2)cc1. The zero-order chi connectivity index (χ0) is 17.5. The Labute approximate surface area is 148 Å². The maximum absolute atomic E-state index is 12.5. The van der Waals surface area contributed by atoms with Crippen molar-refractivity contribution >= 4 is 10.0 Å². The Morgan fingerprint density at radius 1 is 1.00 bits per heavy atom. The lowest BCUT2D eigenvalue weighted by Crippen LogP contribution is -2.32. The van der Waals surface area contributed by atoms with E-state index in [4.69, 9.17) is 9.47 Å². The molecule has 25 heavy (non-hydrogen) atoms. The number of aryl methyl sites for hydroxylation is 1. The first-order chi connectivity index (χ1) is 12.0. The van der Waals surface area contributed by atoms with E-state index in [2.05, 4.69) is 4.72 Å². The maximum Gasteiger partial charge on any atom is 0.240 e. The minimum atomic E-state index is -3.50. The number of nitrogens with one attached hydrogen (secondary N) is 1. The van der Waals surface area contributed by atoms with E-state index in [1.54, 1.807) is 12.1 Å². The van der Waals surface area contributed by atoms with Gasteiger partial charge in [0.05, 0.1) is 4.90 Å². The number of benzene rings is 2. The summed E-state index contributed by atoms with van der Waals surface area (Å²) in [5.74, 6) is 1.50. The standard InChI is InChI=1S/C19H21NO4S/c1-14-2-5-16(6-3-14)25(21,22)20-13-19(8-9-19)15-4-7-17-18(12-15)24-11-10-23-17/h2-7,12,20H,8-11,13H2,1H3. The van der Waals surface area contributed by atoms with Crippen molar-refractivity contribution in [2.75, 3.05) is 19.8 Å². The zero-order valence-electron chi connectivity index (χ0n) is 14.1. The molecule has 0 spiro atoms. The predicted molar refractivity (Wildman–Crippen MR) is 94.7 cm³/mol. The Morgan fingerprint density at radius 3 is 2.36 bits per heavy atom. The average Bonchev–Trinajstić information content (AvgIpc) is 3.41. The second-order valence-electron chi connectivity index (χ2n) is 6.78. The normalized spacial score (nSPS) is 18.0. The van der Waals surface area contributed by atoms with E-state index < -0.39 is 10.0 Å². The predicted octanol–water partition coefficient (Wildman–Crippen LogP) is 2.78. The fourth-order valence-electron chi connectivity index (χ4n) is 3.13. The van der Waals surface area contributed by atoms with E-state index in [0.717, 1.165) is 35.5 Å². The van der Waals surface area contributed by atoms with Gasteiger partial charge in [0.25, 0.3) is 0 Å². The molecule has 0 bridgehead atoms. The van der Waals surface area contributed by atoms with Gasteiger partial charge in [-0.25, -0.2) is 13.1 Å². The molecule has 1 saturated carbocycles. The molecule has 1 aliphatic carbocycles. The second-order valence-corrected chi connectivity index (χ2v) is 8.54. The van der Waals surface area contributed by atoms with Crippen molar-refractivity contribution in [2.45, 2.75) is 30.1 Å². The van der Waals surface area contributed by atoms with Gasteiger partial charge >= 0.3 is 0 Å². The Kier molecular flexibility index (Phi) is 3.96. The van der Waals surface area contributed by atoms with E-state index in [9.17, 15) is 8.42 Å². The molecule has 0 unspecified atom stereocenters. The van der Waals surface area contributed by atoms with Crippen molar-refractivity contribution in [1.82, 2.24) is 4.72 Å². The summed E-state index contributed by atoms with van der Waals surface area (Å²) in [6.07, 6.45) is 1.92. The molecular formula is C19H21NO4S. The number of sulfonamides is 1. The summed E-state index contributed by atoms with van der Waals surface area (Å²) in [5, 5.41) is 0. The van der Waals surface area contributed by atoms with Crippen molar-refractivity contribution in [1.29, 1.82) is 0 Å². The highest BCUT2D eigenvalue weighted by Crippen LogP contribution is 2.49. The minimum Gasteiger partial charge on any atom is -0.486 e. The molecule has 2 aromatic carbocycles. The summed E-state index contributed by atoms with van der Waals surface area (Å²) in [6, 6.07) is 12.8. The van der Waals surface area contributed by atoms with Gasteiger partial charge in [0.1, 0.15) is 13.2 Å². The Hall–Kier alpha value is -2.05. The van der Waals surface area contributed by atoms with Crippen LogP contribution in [0.3, 0.4) is 0 Å². The van der Waals surface area contributed by atoms with Gasteiger partial charge in [0, 0.05) is 12.0 Å². The van der Waals surface area contributed by atoms with Crippen molar-refractivity contribution < 1.29 is 17.9 Å². The molecule has 132 valence electrons.